The molecule has 0 radical (unpaired) electrons. The van der Waals surface area contributed by atoms with Crippen LogP contribution in [0.3, 0.4) is 0 Å². The van der Waals surface area contributed by atoms with Gasteiger partial charge < -0.3 is 14.2 Å². The van der Waals surface area contributed by atoms with Crippen LogP contribution < -0.4 is 4.90 Å². The maximum absolute atomic E-state index is 12.7. The van der Waals surface area contributed by atoms with Crippen LogP contribution in [-0.4, -0.2) is 42.0 Å². The number of piperazine rings is 1. The Balaban J connectivity index is 1.47. The summed E-state index contributed by atoms with van der Waals surface area (Å²) in [6.07, 6.45) is 0. The van der Waals surface area contributed by atoms with E-state index in [4.69, 9.17) is 4.42 Å². The molecule has 1 aliphatic heterocycles. The first kappa shape index (κ1) is 14.8. The Hall–Kier alpha value is -2.82. The summed E-state index contributed by atoms with van der Waals surface area (Å²) >= 11 is 0. The maximum atomic E-state index is 12.7. The molecule has 0 N–H and O–H groups in total. The van der Waals surface area contributed by atoms with Crippen LogP contribution >= 0.6 is 0 Å². The number of rotatable bonds is 2. The van der Waals surface area contributed by atoms with Gasteiger partial charge in [0.05, 0.1) is 0 Å². The quantitative estimate of drug-likeness (QED) is 0.728. The standard InChI is InChI=1S/C19H19N3O2/c1-14-20-17-13-15(7-8-18(17)24-14)19(23)22-11-9-21(10-12-22)16-5-3-2-4-6-16/h2-8,13H,9-12H2,1H3. The molecule has 0 saturated carbocycles. The number of carbonyl (C=O) groups excluding carboxylic acids is 1. The lowest BCUT2D eigenvalue weighted by atomic mass is 10.1. The van der Waals surface area contributed by atoms with Crippen molar-refractivity contribution in [3.05, 3.63) is 60.0 Å². The molecular weight excluding hydrogens is 302 g/mol. The fourth-order valence-electron chi connectivity index (χ4n) is 3.16. The van der Waals surface area contributed by atoms with E-state index in [0.717, 1.165) is 37.3 Å². The molecule has 1 fully saturated rings. The Bertz CT molecular complexity index is 865. The van der Waals surface area contributed by atoms with Gasteiger partial charge in [0, 0.05) is 44.4 Å². The molecular formula is C19H19N3O2. The zero-order valence-electron chi connectivity index (χ0n) is 13.6. The van der Waals surface area contributed by atoms with Gasteiger partial charge in [-0.05, 0) is 30.3 Å². The van der Waals surface area contributed by atoms with Crippen LogP contribution in [0, 0.1) is 6.92 Å². The number of amides is 1. The van der Waals surface area contributed by atoms with Gasteiger partial charge in [-0.2, -0.15) is 0 Å². The molecule has 0 unspecified atom stereocenters. The van der Waals surface area contributed by atoms with Gasteiger partial charge in [-0.15, -0.1) is 0 Å². The van der Waals surface area contributed by atoms with Crippen LogP contribution in [0.5, 0.6) is 0 Å². The minimum atomic E-state index is 0.0604. The average molecular weight is 321 g/mol. The molecule has 1 aliphatic rings. The van der Waals surface area contributed by atoms with E-state index in [2.05, 4.69) is 22.0 Å². The van der Waals surface area contributed by atoms with Crippen LogP contribution in [0.2, 0.25) is 0 Å². The third-order valence-electron chi connectivity index (χ3n) is 4.43. The van der Waals surface area contributed by atoms with E-state index in [1.807, 2.05) is 48.2 Å². The number of nitrogens with zero attached hydrogens (tertiary/aromatic N) is 3. The van der Waals surface area contributed by atoms with Gasteiger partial charge in [-0.3, -0.25) is 4.79 Å². The number of hydrogen-bond acceptors (Lipinski definition) is 4. The summed E-state index contributed by atoms with van der Waals surface area (Å²) < 4.78 is 5.47. The van der Waals surface area contributed by atoms with Crippen molar-refractivity contribution in [1.29, 1.82) is 0 Å². The predicted molar refractivity (Wildman–Crippen MR) is 93.3 cm³/mol. The van der Waals surface area contributed by atoms with E-state index in [-0.39, 0.29) is 5.91 Å². The van der Waals surface area contributed by atoms with Crippen LogP contribution in [0.15, 0.2) is 52.9 Å². The van der Waals surface area contributed by atoms with Crippen molar-refractivity contribution in [2.45, 2.75) is 6.92 Å². The summed E-state index contributed by atoms with van der Waals surface area (Å²) in [6, 6.07) is 15.8. The van der Waals surface area contributed by atoms with Crippen molar-refractivity contribution >= 4 is 22.7 Å². The molecule has 2 heterocycles. The molecule has 5 heteroatoms. The van der Waals surface area contributed by atoms with Crippen molar-refractivity contribution in [2.24, 2.45) is 0 Å². The zero-order chi connectivity index (χ0) is 16.5. The summed E-state index contributed by atoms with van der Waals surface area (Å²) in [6.45, 7) is 4.96. The number of hydrogen-bond donors (Lipinski definition) is 0. The van der Waals surface area contributed by atoms with Crippen molar-refractivity contribution in [1.82, 2.24) is 9.88 Å². The topological polar surface area (TPSA) is 49.6 Å². The van der Waals surface area contributed by atoms with E-state index in [9.17, 15) is 4.79 Å². The van der Waals surface area contributed by atoms with Crippen LogP contribution in [0.25, 0.3) is 11.1 Å². The minimum Gasteiger partial charge on any atom is -0.441 e. The first-order valence-corrected chi connectivity index (χ1v) is 8.17. The molecule has 2 aromatic carbocycles. The number of oxazole rings is 1. The second kappa shape index (κ2) is 6.00. The highest BCUT2D eigenvalue weighted by Crippen LogP contribution is 2.20. The van der Waals surface area contributed by atoms with Crippen molar-refractivity contribution in [3.63, 3.8) is 0 Å². The highest BCUT2D eigenvalue weighted by atomic mass is 16.3. The SMILES string of the molecule is Cc1nc2cc(C(=O)N3CCN(c4ccccc4)CC3)ccc2o1. The number of para-hydroxylation sites is 1. The molecule has 0 spiro atoms. The third kappa shape index (κ3) is 2.73. The third-order valence-corrected chi connectivity index (χ3v) is 4.43. The molecule has 0 aliphatic carbocycles. The van der Waals surface area contributed by atoms with E-state index in [1.165, 1.54) is 5.69 Å². The first-order chi connectivity index (χ1) is 11.7. The number of carbonyl (C=O) groups is 1. The second-order valence-electron chi connectivity index (χ2n) is 6.03. The summed E-state index contributed by atoms with van der Waals surface area (Å²) in [5.41, 5.74) is 3.34. The molecule has 24 heavy (non-hydrogen) atoms. The summed E-state index contributed by atoms with van der Waals surface area (Å²) in [5.74, 6) is 0.677. The minimum absolute atomic E-state index is 0.0604. The van der Waals surface area contributed by atoms with E-state index < -0.39 is 0 Å². The Kier molecular flexibility index (Phi) is 3.69. The van der Waals surface area contributed by atoms with Crippen molar-refractivity contribution < 1.29 is 9.21 Å². The second-order valence-corrected chi connectivity index (χ2v) is 6.03. The zero-order valence-corrected chi connectivity index (χ0v) is 13.6. The number of fused-ring (bicyclic) bond motifs is 1. The van der Waals surface area contributed by atoms with E-state index in [1.54, 1.807) is 0 Å². The molecule has 5 nitrogen and oxygen atoms in total. The maximum Gasteiger partial charge on any atom is 0.254 e. The molecule has 1 amide bonds. The van der Waals surface area contributed by atoms with Gasteiger partial charge in [-0.1, -0.05) is 18.2 Å². The Morgan fingerprint density at radius 2 is 1.79 bits per heavy atom. The summed E-state index contributed by atoms with van der Waals surface area (Å²) in [7, 11) is 0. The molecule has 1 aromatic heterocycles. The Labute approximate surface area is 140 Å². The lowest BCUT2D eigenvalue weighted by Gasteiger charge is -2.36. The fourth-order valence-corrected chi connectivity index (χ4v) is 3.16. The fraction of sp³-hybridized carbons (Fsp3) is 0.263. The highest BCUT2D eigenvalue weighted by Gasteiger charge is 2.22. The highest BCUT2D eigenvalue weighted by molar-refractivity contribution is 5.97. The van der Waals surface area contributed by atoms with E-state index in [0.29, 0.717) is 11.5 Å². The Morgan fingerprint density at radius 1 is 1.04 bits per heavy atom. The molecule has 0 atom stereocenters. The van der Waals surface area contributed by atoms with E-state index >= 15 is 0 Å². The van der Waals surface area contributed by atoms with Gasteiger partial charge in [0.2, 0.25) is 0 Å². The predicted octanol–water partition coefficient (Wildman–Crippen LogP) is 3.10. The normalized spacial score (nSPS) is 15.0. The molecule has 122 valence electrons. The van der Waals surface area contributed by atoms with Crippen molar-refractivity contribution in [3.8, 4) is 0 Å². The first-order valence-electron chi connectivity index (χ1n) is 8.17. The van der Waals surface area contributed by atoms with Gasteiger partial charge in [0.1, 0.15) is 5.52 Å². The largest absolute Gasteiger partial charge is 0.441 e. The molecule has 0 bridgehead atoms. The van der Waals surface area contributed by atoms with Crippen LogP contribution in [0.4, 0.5) is 5.69 Å². The number of aromatic nitrogens is 1. The van der Waals surface area contributed by atoms with Gasteiger partial charge >= 0.3 is 0 Å². The molecule has 3 aromatic rings. The molecule has 1 saturated heterocycles. The van der Waals surface area contributed by atoms with Crippen molar-refractivity contribution in [2.75, 3.05) is 31.1 Å². The Morgan fingerprint density at radius 3 is 2.54 bits per heavy atom. The summed E-state index contributed by atoms with van der Waals surface area (Å²) in [4.78, 5) is 21.3. The van der Waals surface area contributed by atoms with Gasteiger partial charge in [0.15, 0.2) is 11.5 Å². The van der Waals surface area contributed by atoms with Crippen LogP contribution in [-0.2, 0) is 0 Å². The number of benzene rings is 2. The van der Waals surface area contributed by atoms with Crippen LogP contribution in [0.1, 0.15) is 16.2 Å². The number of anilines is 1. The molecule has 4 rings (SSSR count). The monoisotopic (exact) mass is 321 g/mol. The van der Waals surface area contributed by atoms with Gasteiger partial charge in [0.25, 0.3) is 5.91 Å². The lowest BCUT2D eigenvalue weighted by molar-refractivity contribution is 0.0747. The average Bonchev–Trinajstić information content (AvgIpc) is 3.01. The van der Waals surface area contributed by atoms with Gasteiger partial charge in [-0.25, -0.2) is 4.98 Å². The smallest absolute Gasteiger partial charge is 0.254 e. The summed E-state index contributed by atoms with van der Waals surface area (Å²) in [5, 5.41) is 0. The lowest BCUT2D eigenvalue weighted by Crippen LogP contribution is -2.48. The number of aryl methyl sites for hydroxylation is 1.